The van der Waals surface area contributed by atoms with E-state index in [9.17, 15) is 19.5 Å². The van der Waals surface area contributed by atoms with Crippen LogP contribution in [0, 0.1) is 6.92 Å². The monoisotopic (exact) mass is 554 g/mol. The Morgan fingerprint density at radius 3 is 2.40 bits per heavy atom. The average molecular weight is 555 g/mol. The number of aryl methyl sites for hydroxylation is 3. The Balaban J connectivity index is 1.50. The van der Waals surface area contributed by atoms with Gasteiger partial charge in [0.05, 0.1) is 24.6 Å². The highest BCUT2D eigenvalue weighted by Gasteiger charge is 2.25. The van der Waals surface area contributed by atoms with Crippen LogP contribution in [0.1, 0.15) is 62.3 Å². The molecule has 0 saturated heterocycles. The minimum atomic E-state index is -1.28. The van der Waals surface area contributed by atoms with Crippen LogP contribution in [0.2, 0.25) is 0 Å². The van der Waals surface area contributed by atoms with Crippen LogP contribution >= 0.6 is 11.3 Å². The summed E-state index contributed by atoms with van der Waals surface area (Å²) in [6.07, 6.45) is 1.30. The molecule has 40 heavy (non-hydrogen) atoms. The number of thiophene rings is 1. The number of hydrogen-bond acceptors (Lipinski definition) is 7. The van der Waals surface area contributed by atoms with Crippen molar-refractivity contribution < 1.29 is 19.5 Å². The Hall–Kier alpha value is -4.57. The van der Waals surface area contributed by atoms with Crippen LogP contribution < -0.4 is 10.4 Å². The molecule has 204 valence electrons. The smallest absolute Gasteiger partial charge is 0.268 e. The van der Waals surface area contributed by atoms with E-state index >= 15 is 0 Å². The van der Waals surface area contributed by atoms with Gasteiger partial charge < -0.3 is 19.8 Å². The number of benzene rings is 2. The number of fused-ring (bicyclic) bond motifs is 1. The van der Waals surface area contributed by atoms with Crippen molar-refractivity contribution in [2.24, 2.45) is 0 Å². The van der Waals surface area contributed by atoms with Gasteiger partial charge in [-0.1, -0.05) is 62.4 Å². The maximum Gasteiger partial charge on any atom is 0.268 e. The second-order valence-electron chi connectivity index (χ2n) is 9.32. The lowest BCUT2D eigenvalue weighted by Crippen LogP contribution is -2.32. The molecule has 0 aliphatic rings. The van der Waals surface area contributed by atoms with E-state index in [0.29, 0.717) is 39.7 Å². The Morgan fingerprint density at radius 1 is 0.975 bits per heavy atom. The molecule has 0 spiro atoms. The van der Waals surface area contributed by atoms with Gasteiger partial charge in [-0.2, -0.15) is 0 Å². The molecule has 0 aliphatic heterocycles. The number of para-hydroxylation sites is 1. The first-order chi connectivity index (χ1) is 19.3. The molecule has 9 nitrogen and oxygen atoms in total. The second-order valence-corrected chi connectivity index (χ2v) is 10.4. The molecule has 0 aliphatic carbocycles. The van der Waals surface area contributed by atoms with E-state index in [4.69, 9.17) is 0 Å². The number of rotatable bonds is 10. The van der Waals surface area contributed by atoms with Gasteiger partial charge in [0.25, 0.3) is 5.91 Å². The Morgan fingerprint density at radius 2 is 1.70 bits per heavy atom. The van der Waals surface area contributed by atoms with E-state index in [-0.39, 0.29) is 18.0 Å². The van der Waals surface area contributed by atoms with Crippen molar-refractivity contribution in [3.8, 4) is 5.00 Å². The van der Waals surface area contributed by atoms with Gasteiger partial charge >= 0.3 is 0 Å². The van der Waals surface area contributed by atoms with E-state index in [1.807, 2.05) is 50.2 Å². The van der Waals surface area contributed by atoms with Crippen molar-refractivity contribution in [3.63, 3.8) is 0 Å². The van der Waals surface area contributed by atoms with Crippen LogP contribution in [0.4, 0.5) is 0 Å². The first-order valence-corrected chi connectivity index (χ1v) is 13.9. The van der Waals surface area contributed by atoms with Gasteiger partial charge in [-0.3, -0.25) is 14.2 Å². The second kappa shape index (κ2) is 11.3. The zero-order valence-corrected chi connectivity index (χ0v) is 23.2. The van der Waals surface area contributed by atoms with Gasteiger partial charge in [0, 0.05) is 21.3 Å². The van der Waals surface area contributed by atoms with Crippen molar-refractivity contribution in [1.29, 1.82) is 0 Å². The number of amides is 1. The molecular weight excluding hydrogens is 526 g/mol. The number of carboxylic acids is 1. The summed E-state index contributed by atoms with van der Waals surface area (Å²) in [6.45, 7) is 5.33. The van der Waals surface area contributed by atoms with Gasteiger partial charge in [-0.05, 0) is 37.5 Å². The highest BCUT2D eigenvalue weighted by molar-refractivity contribution is 7.15. The fraction of sp³-hybridized carbons (Fsp3) is 0.233. The van der Waals surface area contributed by atoms with Crippen molar-refractivity contribution in [1.82, 2.24) is 24.6 Å². The van der Waals surface area contributed by atoms with Crippen LogP contribution in [0.15, 0.2) is 60.7 Å². The number of ketones is 1. The zero-order valence-electron chi connectivity index (χ0n) is 22.4. The van der Waals surface area contributed by atoms with Gasteiger partial charge in [0.2, 0.25) is 0 Å². The van der Waals surface area contributed by atoms with Crippen molar-refractivity contribution in [2.75, 3.05) is 0 Å². The molecule has 10 heteroatoms. The van der Waals surface area contributed by atoms with Crippen LogP contribution in [0.5, 0.6) is 0 Å². The topological polar surface area (TPSA) is 122 Å². The number of nitrogens with zero attached hydrogens (tertiary/aromatic N) is 4. The Kier molecular flexibility index (Phi) is 7.61. The van der Waals surface area contributed by atoms with Gasteiger partial charge in [0.15, 0.2) is 11.6 Å². The molecule has 0 saturated carbocycles. The molecule has 5 aromatic rings. The lowest BCUT2D eigenvalue weighted by Gasteiger charge is -2.14. The lowest BCUT2D eigenvalue weighted by atomic mass is 10.0. The van der Waals surface area contributed by atoms with E-state index in [1.165, 1.54) is 15.9 Å². The maximum absolute atomic E-state index is 13.6. The van der Waals surface area contributed by atoms with Crippen LogP contribution in [-0.2, 0) is 30.7 Å². The third kappa shape index (κ3) is 4.93. The molecule has 1 amide bonds. The number of carboxylic acid groups (broad SMARTS) is 1. The predicted molar refractivity (Wildman–Crippen MR) is 151 cm³/mol. The third-order valence-corrected chi connectivity index (χ3v) is 8.09. The lowest BCUT2D eigenvalue weighted by molar-refractivity contribution is -0.306. The van der Waals surface area contributed by atoms with Gasteiger partial charge in [0.1, 0.15) is 16.5 Å². The fourth-order valence-corrected chi connectivity index (χ4v) is 6.15. The summed E-state index contributed by atoms with van der Waals surface area (Å²) in [5.41, 5.74) is 2.82. The first-order valence-electron chi connectivity index (χ1n) is 13.1. The number of carbonyl (C=O) groups excluding carboxylic acids is 3. The normalized spacial score (nSPS) is 11.2. The molecule has 0 fully saturated rings. The number of aromatic nitrogens is 4. The summed E-state index contributed by atoms with van der Waals surface area (Å²) in [4.78, 5) is 39.7. The van der Waals surface area contributed by atoms with Gasteiger partial charge in [-0.25, -0.2) is 0 Å². The van der Waals surface area contributed by atoms with Crippen LogP contribution in [0.25, 0.3) is 15.9 Å². The SMILES string of the molecule is CCc1cc(C(=O)c2ccccc2)c(-n2c(C)nnc2CNC(=O)c2c(CC)c3ccccc3n2CC(=O)[O-])s1. The van der Waals surface area contributed by atoms with Crippen LogP contribution in [-0.4, -0.2) is 37.0 Å². The van der Waals surface area contributed by atoms with E-state index in [1.54, 1.807) is 35.8 Å². The van der Waals surface area contributed by atoms with Crippen molar-refractivity contribution >= 4 is 39.9 Å². The largest absolute Gasteiger partial charge is 0.548 e. The number of hydrogen-bond donors (Lipinski definition) is 1. The fourth-order valence-electron chi connectivity index (χ4n) is 4.99. The van der Waals surface area contributed by atoms with Gasteiger partial charge in [-0.15, -0.1) is 21.5 Å². The average Bonchev–Trinajstić information content (AvgIpc) is 3.64. The summed E-state index contributed by atoms with van der Waals surface area (Å²) in [5.74, 6) is -0.779. The quantitative estimate of drug-likeness (QED) is 0.263. The molecular formula is C30H28N5O4S-. The molecule has 3 aromatic heterocycles. The molecule has 0 radical (unpaired) electrons. The number of carbonyl (C=O) groups is 3. The maximum atomic E-state index is 13.6. The predicted octanol–water partition coefficient (Wildman–Crippen LogP) is 3.63. The summed E-state index contributed by atoms with van der Waals surface area (Å²) >= 11 is 1.49. The molecule has 3 heterocycles. The minimum absolute atomic E-state index is 0.0218. The standard InChI is InChI=1S/C30H29N5O4S/c1-4-20-15-23(28(38)19-11-7-6-8-12-19)30(40-20)35-18(3)32-33-25(35)16-31-29(39)27-21(5-2)22-13-9-10-14-24(22)34(27)17-26(36)37/h6-15H,4-5,16-17H2,1-3H3,(H,31,39)(H,36,37)/p-1. The molecule has 0 unspecified atom stereocenters. The van der Waals surface area contributed by atoms with Crippen LogP contribution in [0.3, 0.4) is 0 Å². The number of aliphatic carboxylic acids is 1. The Bertz CT molecular complexity index is 1730. The summed E-state index contributed by atoms with van der Waals surface area (Å²) in [7, 11) is 0. The molecule has 5 rings (SSSR count). The molecule has 0 bridgehead atoms. The molecule has 1 N–H and O–H groups in total. The zero-order chi connectivity index (χ0) is 28.4. The van der Waals surface area contributed by atoms with Crippen molar-refractivity contribution in [3.05, 3.63) is 99.6 Å². The van der Waals surface area contributed by atoms with E-state index in [0.717, 1.165) is 22.2 Å². The molecule has 2 aromatic carbocycles. The number of nitrogens with one attached hydrogen (secondary N) is 1. The minimum Gasteiger partial charge on any atom is -0.548 e. The van der Waals surface area contributed by atoms with E-state index in [2.05, 4.69) is 15.5 Å². The summed E-state index contributed by atoms with van der Waals surface area (Å²) in [6, 6.07) is 18.3. The highest BCUT2D eigenvalue weighted by atomic mass is 32.1. The highest BCUT2D eigenvalue weighted by Crippen LogP contribution is 2.31. The molecule has 0 atom stereocenters. The summed E-state index contributed by atoms with van der Waals surface area (Å²) < 4.78 is 3.29. The summed E-state index contributed by atoms with van der Waals surface area (Å²) in [5, 5.41) is 24.6. The Labute approximate surface area is 235 Å². The first kappa shape index (κ1) is 27.0. The van der Waals surface area contributed by atoms with E-state index < -0.39 is 18.4 Å². The van der Waals surface area contributed by atoms with Crippen molar-refractivity contribution in [2.45, 2.75) is 46.7 Å². The third-order valence-electron chi connectivity index (χ3n) is 6.83.